The summed E-state index contributed by atoms with van der Waals surface area (Å²) in [5, 5.41) is 0. The second-order valence-corrected chi connectivity index (χ2v) is 14.6. The number of rotatable bonds is 28. The summed E-state index contributed by atoms with van der Waals surface area (Å²) in [7, 11) is 0. The molecule has 1 aromatic heterocycles. The van der Waals surface area contributed by atoms with Gasteiger partial charge in [0.2, 0.25) is 6.33 Å². The summed E-state index contributed by atoms with van der Waals surface area (Å²) in [5.74, 6) is 0. The molecule has 0 saturated carbocycles. The zero-order chi connectivity index (χ0) is 32.5. The van der Waals surface area contributed by atoms with Gasteiger partial charge >= 0.3 is 0 Å². The van der Waals surface area contributed by atoms with Crippen LogP contribution in [0.4, 0.5) is 0 Å². The first-order valence-electron chi connectivity index (χ1n) is 19.8. The lowest BCUT2D eigenvalue weighted by Crippen LogP contribution is -2.38. The molecule has 2 aromatic carbocycles. The van der Waals surface area contributed by atoms with Crippen LogP contribution in [0.15, 0.2) is 79.4 Å². The lowest BCUT2D eigenvalue weighted by atomic mass is 9.70. The Labute approximate surface area is 285 Å². The SMILES string of the molecule is CCCCCCCCCCCCCCCCC(n1cc[n+](CCCCCCCCC)c1)C(C)(Cc1ccccc1)c1ccccc1. The van der Waals surface area contributed by atoms with Crippen molar-refractivity contribution in [2.45, 2.75) is 186 Å². The number of nitrogens with zero attached hydrogens (tertiary/aromatic N) is 2. The van der Waals surface area contributed by atoms with E-state index < -0.39 is 0 Å². The van der Waals surface area contributed by atoms with E-state index in [0.29, 0.717) is 6.04 Å². The first-order valence-corrected chi connectivity index (χ1v) is 19.8. The van der Waals surface area contributed by atoms with Crippen LogP contribution >= 0.6 is 0 Å². The molecule has 2 nitrogen and oxygen atoms in total. The number of hydrogen-bond acceptors (Lipinski definition) is 0. The van der Waals surface area contributed by atoms with Crippen LogP contribution in [0.1, 0.15) is 179 Å². The fraction of sp³-hybridized carbons (Fsp3) is 0.659. The van der Waals surface area contributed by atoms with Gasteiger partial charge in [0.1, 0.15) is 18.4 Å². The highest BCUT2D eigenvalue weighted by Crippen LogP contribution is 2.41. The van der Waals surface area contributed by atoms with Crippen molar-refractivity contribution < 1.29 is 4.57 Å². The minimum Gasteiger partial charge on any atom is -0.237 e. The molecule has 256 valence electrons. The minimum atomic E-state index is 0.00921. The van der Waals surface area contributed by atoms with E-state index in [1.54, 1.807) is 0 Å². The number of imidazole rings is 1. The summed E-state index contributed by atoms with van der Waals surface area (Å²) in [6.45, 7) is 8.27. The van der Waals surface area contributed by atoms with Crippen molar-refractivity contribution in [2.24, 2.45) is 0 Å². The number of aromatic nitrogens is 2. The van der Waals surface area contributed by atoms with E-state index in [1.165, 1.54) is 152 Å². The molecule has 3 aromatic rings. The Hall–Kier alpha value is -2.35. The molecule has 3 rings (SSSR count). The summed E-state index contributed by atoms with van der Waals surface area (Å²) in [6.07, 6.45) is 38.7. The van der Waals surface area contributed by atoms with Crippen LogP contribution in [0, 0.1) is 0 Å². The molecule has 0 radical (unpaired) electrons. The van der Waals surface area contributed by atoms with Gasteiger partial charge in [-0.05, 0) is 43.2 Å². The second-order valence-electron chi connectivity index (χ2n) is 14.6. The summed E-state index contributed by atoms with van der Waals surface area (Å²) in [6, 6.07) is 23.0. The van der Waals surface area contributed by atoms with Crippen molar-refractivity contribution in [3.05, 3.63) is 90.5 Å². The number of benzene rings is 2. The number of hydrogen-bond donors (Lipinski definition) is 0. The van der Waals surface area contributed by atoms with Gasteiger partial charge in [-0.15, -0.1) is 0 Å². The van der Waals surface area contributed by atoms with Gasteiger partial charge in [0.05, 0.1) is 6.54 Å². The smallest absolute Gasteiger partial charge is 0.237 e. The van der Waals surface area contributed by atoms with Crippen LogP contribution < -0.4 is 4.57 Å². The van der Waals surface area contributed by atoms with Gasteiger partial charge in [-0.25, -0.2) is 9.13 Å². The maximum atomic E-state index is 2.58. The quantitative estimate of drug-likeness (QED) is 0.0559. The van der Waals surface area contributed by atoms with Crippen LogP contribution in [-0.2, 0) is 18.4 Å². The monoisotopic (exact) mass is 628 g/mol. The summed E-state index contributed by atoms with van der Waals surface area (Å²) < 4.78 is 5.04. The molecule has 0 saturated heterocycles. The van der Waals surface area contributed by atoms with Gasteiger partial charge in [0, 0.05) is 5.41 Å². The third-order valence-electron chi connectivity index (χ3n) is 10.5. The van der Waals surface area contributed by atoms with E-state index >= 15 is 0 Å². The Kier molecular flexibility index (Phi) is 19.8. The predicted molar refractivity (Wildman–Crippen MR) is 201 cm³/mol. The zero-order valence-electron chi connectivity index (χ0n) is 30.4. The third kappa shape index (κ3) is 14.6. The van der Waals surface area contributed by atoms with Crippen LogP contribution in [0.25, 0.3) is 0 Å². The lowest BCUT2D eigenvalue weighted by Gasteiger charge is -2.37. The molecule has 0 bridgehead atoms. The van der Waals surface area contributed by atoms with E-state index in [-0.39, 0.29) is 5.41 Å². The zero-order valence-corrected chi connectivity index (χ0v) is 30.4. The third-order valence-corrected chi connectivity index (χ3v) is 10.5. The number of aryl methyl sites for hydroxylation is 1. The van der Waals surface area contributed by atoms with Crippen LogP contribution in [0.5, 0.6) is 0 Å². The molecule has 0 aliphatic heterocycles. The molecular weight excluding hydrogens is 556 g/mol. The fourth-order valence-electron chi connectivity index (χ4n) is 7.56. The molecule has 0 spiro atoms. The molecule has 2 unspecified atom stereocenters. The van der Waals surface area contributed by atoms with Crippen molar-refractivity contribution in [1.82, 2.24) is 4.57 Å². The Morgan fingerprint density at radius 2 is 1.02 bits per heavy atom. The van der Waals surface area contributed by atoms with E-state index in [2.05, 4.69) is 109 Å². The molecule has 0 aliphatic rings. The second kappa shape index (κ2) is 23.9. The Balaban J connectivity index is 1.57. The first-order chi connectivity index (χ1) is 22.7. The lowest BCUT2D eigenvalue weighted by molar-refractivity contribution is -0.697. The highest BCUT2D eigenvalue weighted by molar-refractivity contribution is 5.30. The maximum Gasteiger partial charge on any atom is 0.244 e. The Morgan fingerprint density at radius 1 is 0.565 bits per heavy atom. The molecule has 0 fully saturated rings. The van der Waals surface area contributed by atoms with E-state index in [4.69, 9.17) is 0 Å². The van der Waals surface area contributed by atoms with Gasteiger partial charge in [0.15, 0.2) is 0 Å². The average molecular weight is 628 g/mol. The Bertz CT molecular complexity index is 1100. The largest absolute Gasteiger partial charge is 0.244 e. The van der Waals surface area contributed by atoms with Gasteiger partial charge in [-0.1, -0.05) is 197 Å². The Morgan fingerprint density at radius 3 is 1.54 bits per heavy atom. The van der Waals surface area contributed by atoms with Gasteiger partial charge < -0.3 is 0 Å². The van der Waals surface area contributed by atoms with E-state index in [0.717, 1.165) is 13.0 Å². The van der Waals surface area contributed by atoms with Crippen LogP contribution in [0.3, 0.4) is 0 Å². The molecule has 46 heavy (non-hydrogen) atoms. The standard InChI is InChI=1S/C44H71N2/c1-4-6-8-10-12-13-14-15-16-17-18-19-21-29-35-43(46-38-37-45(40-46)36-30-22-20-11-9-7-5-2)44(3,42-33-27-24-28-34-42)39-41-31-25-23-26-32-41/h23-28,31-34,37-38,40,43H,4-22,29-30,35-36,39H2,1-3H3/q+1. The first kappa shape index (κ1) is 38.1. The van der Waals surface area contributed by atoms with Crippen molar-refractivity contribution in [3.63, 3.8) is 0 Å². The summed E-state index contributed by atoms with van der Waals surface area (Å²) >= 11 is 0. The predicted octanol–water partition coefficient (Wildman–Crippen LogP) is 13.1. The molecule has 1 heterocycles. The molecule has 2 heteroatoms. The van der Waals surface area contributed by atoms with Crippen molar-refractivity contribution in [2.75, 3.05) is 0 Å². The van der Waals surface area contributed by atoms with Gasteiger partial charge in [-0.2, -0.15) is 0 Å². The molecule has 0 aliphatic carbocycles. The van der Waals surface area contributed by atoms with Gasteiger partial charge in [0.25, 0.3) is 0 Å². The molecule has 2 atom stereocenters. The van der Waals surface area contributed by atoms with Gasteiger partial charge in [-0.3, -0.25) is 0 Å². The van der Waals surface area contributed by atoms with Crippen LogP contribution in [0.2, 0.25) is 0 Å². The summed E-state index contributed by atoms with van der Waals surface area (Å²) in [4.78, 5) is 0. The molecule has 0 N–H and O–H groups in total. The van der Waals surface area contributed by atoms with E-state index in [1.807, 2.05) is 0 Å². The maximum absolute atomic E-state index is 2.58. The number of unbranched alkanes of at least 4 members (excludes halogenated alkanes) is 19. The fourth-order valence-corrected chi connectivity index (χ4v) is 7.56. The average Bonchev–Trinajstić information content (AvgIpc) is 3.55. The minimum absolute atomic E-state index is 0.00921. The highest BCUT2D eigenvalue weighted by atomic mass is 15.1. The summed E-state index contributed by atoms with van der Waals surface area (Å²) in [5.41, 5.74) is 2.90. The topological polar surface area (TPSA) is 8.81 Å². The highest BCUT2D eigenvalue weighted by Gasteiger charge is 2.40. The van der Waals surface area contributed by atoms with Crippen LogP contribution in [-0.4, -0.2) is 4.57 Å². The van der Waals surface area contributed by atoms with Crippen molar-refractivity contribution >= 4 is 0 Å². The van der Waals surface area contributed by atoms with E-state index in [9.17, 15) is 0 Å². The normalized spacial score (nSPS) is 13.5. The van der Waals surface area contributed by atoms with Crippen molar-refractivity contribution in [3.8, 4) is 0 Å². The molecule has 0 amide bonds. The van der Waals surface area contributed by atoms with Crippen molar-refractivity contribution in [1.29, 1.82) is 0 Å². The molecular formula is C44H71N2+.